The molecular formula is C28H25N3O2. The SMILES string of the molecule is Cc1cc2cccc(NC(=O)c3ccccc3)c2c(O)c1N=Nc1ccc2c(c1)CCCC2. The average Bonchev–Trinajstić information content (AvgIpc) is 2.84. The molecule has 0 bridgehead atoms. The monoisotopic (exact) mass is 435 g/mol. The number of fused-ring (bicyclic) bond motifs is 2. The largest absolute Gasteiger partial charge is 0.505 e. The Kier molecular flexibility index (Phi) is 5.61. The number of benzene rings is 4. The van der Waals surface area contributed by atoms with Gasteiger partial charge in [0.15, 0.2) is 5.75 Å². The van der Waals surface area contributed by atoms with Gasteiger partial charge >= 0.3 is 0 Å². The van der Waals surface area contributed by atoms with Gasteiger partial charge in [0.1, 0.15) is 5.69 Å². The Morgan fingerprint density at radius 2 is 1.67 bits per heavy atom. The van der Waals surface area contributed by atoms with Gasteiger partial charge in [0.2, 0.25) is 0 Å². The summed E-state index contributed by atoms with van der Waals surface area (Å²) in [6.07, 6.45) is 4.63. The predicted octanol–water partition coefficient (Wildman–Crippen LogP) is 7.40. The van der Waals surface area contributed by atoms with Crippen molar-refractivity contribution in [3.8, 4) is 5.75 Å². The van der Waals surface area contributed by atoms with Crippen LogP contribution in [0.5, 0.6) is 5.75 Å². The molecular weight excluding hydrogens is 410 g/mol. The number of phenolic OH excluding ortho intramolecular Hbond substituents is 1. The van der Waals surface area contributed by atoms with E-state index in [2.05, 4.69) is 27.7 Å². The second-order valence-corrected chi connectivity index (χ2v) is 8.47. The number of hydrogen-bond donors (Lipinski definition) is 2. The number of aryl methyl sites for hydroxylation is 3. The summed E-state index contributed by atoms with van der Waals surface area (Å²) in [4.78, 5) is 12.7. The number of hydrogen-bond acceptors (Lipinski definition) is 4. The van der Waals surface area contributed by atoms with Gasteiger partial charge in [-0.15, -0.1) is 5.11 Å². The van der Waals surface area contributed by atoms with Gasteiger partial charge in [0, 0.05) is 10.9 Å². The fraction of sp³-hybridized carbons (Fsp3) is 0.179. The minimum absolute atomic E-state index is 0.00988. The Labute approximate surface area is 192 Å². The van der Waals surface area contributed by atoms with Crippen molar-refractivity contribution in [1.29, 1.82) is 0 Å². The maximum absolute atomic E-state index is 12.7. The molecule has 1 amide bonds. The van der Waals surface area contributed by atoms with E-state index >= 15 is 0 Å². The first-order chi connectivity index (χ1) is 16.1. The highest BCUT2D eigenvalue weighted by atomic mass is 16.3. The number of rotatable bonds is 4. The maximum atomic E-state index is 12.7. The van der Waals surface area contributed by atoms with Crippen LogP contribution in [0.2, 0.25) is 0 Å². The molecule has 1 aliphatic carbocycles. The summed E-state index contributed by atoms with van der Waals surface area (Å²) in [5, 5.41) is 24.3. The smallest absolute Gasteiger partial charge is 0.255 e. The van der Waals surface area contributed by atoms with E-state index < -0.39 is 0 Å². The summed E-state index contributed by atoms with van der Waals surface area (Å²) >= 11 is 0. The van der Waals surface area contributed by atoms with E-state index in [9.17, 15) is 9.90 Å². The molecule has 5 heteroatoms. The molecule has 5 rings (SSSR count). The van der Waals surface area contributed by atoms with Crippen molar-refractivity contribution in [3.05, 3.63) is 95.1 Å². The van der Waals surface area contributed by atoms with Crippen LogP contribution >= 0.6 is 0 Å². The van der Waals surface area contributed by atoms with Crippen molar-refractivity contribution in [2.24, 2.45) is 10.2 Å². The molecule has 0 heterocycles. The average molecular weight is 436 g/mol. The minimum atomic E-state index is -0.236. The van der Waals surface area contributed by atoms with Crippen LogP contribution in [0.15, 0.2) is 83.0 Å². The zero-order chi connectivity index (χ0) is 22.8. The van der Waals surface area contributed by atoms with Gasteiger partial charge in [-0.1, -0.05) is 36.4 Å². The summed E-state index contributed by atoms with van der Waals surface area (Å²) in [6.45, 7) is 1.90. The topological polar surface area (TPSA) is 74.0 Å². The lowest BCUT2D eigenvalue weighted by molar-refractivity contribution is 0.102. The normalized spacial score (nSPS) is 13.2. The molecule has 0 aromatic heterocycles. The van der Waals surface area contributed by atoms with Gasteiger partial charge in [-0.25, -0.2) is 0 Å². The summed E-state index contributed by atoms with van der Waals surface area (Å²) < 4.78 is 0. The first-order valence-electron chi connectivity index (χ1n) is 11.3. The van der Waals surface area contributed by atoms with Crippen LogP contribution in [0, 0.1) is 6.92 Å². The highest BCUT2D eigenvalue weighted by Gasteiger charge is 2.16. The third kappa shape index (κ3) is 4.22. The van der Waals surface area contributed by atoms with Crippen molar-refractivity contribution in [3.63, 3.8) is 0 Å². The number of azo groups is 1. The van der Waals surface area contributed by atoms with E-state index in [0.717, 1.165) is 29.5 Å². The fourth-order valence-electron chi connectivity index (χ4n) is 4.47. The van der Waals surface area contributed by atoms with Crippen molar-refractivity contribution in [2.45, 2.75) is 32.6 Å². The van der Waals surface area contributed by atoms with E-state index in [1.165, 1.54) is 24.0 Å². The van der Waals surface area contributed by atoms with Crippen LogP contribution < -0.4 is 5.32 Å². The Balaban J connectivity index is 1.51. The quantitative estimate of drug-likeness (QED) is 0.328. The molecule has 2 N–H and O–H groups in total. The number of carbonyl (C=O) groups excluding carboxylic acids is 1. The molecule has 0 spiro atoms. The standard InChI is InChI=1S/C28H25N3O2/c1-18-16-22-12-7-13-24(29-28(33)20-9-3-2-4-10-20)25(22)27(32)26(18)31-30-23-15-14-19-8-5-6-11-21(19)17-23/h2-4,7,9-10,12-17,32H,5-6,8,11H2,1H3,(H,29,33). The van der Waals surface area contributed by atoms with Crippen molar-refractivity contribution in [2.75, 3.05) is 5.32 Å². The number of nitrogens with zero attached hydrogens (tertiary/aromatic N) is 2. The van der Waals surface area contributed by atoms with Gasteiger partial charge in [-0.2, -0.15) is 5.11 Å². The summed E-state index contributed by atoms with van der Waals surface area (Å²) in [6, 6.07) is 22.7. The molecule has 4 aromatic rings. The molecule has 4 aromatic carbocycles. The van der Waals surface area contributed by atoms with Crippen LogP contribution in [-0.4, -0.2) is 11.0 Å². The van der Waals surface area contributed by atoms with Crippen LogP contribution in [-0.2, 0) is 12.8 Å². The van der Waals surface area contributed by atoms with Crippen molar-refractivity contribution in [1.82, 2.24) is 0 Å². The Morgan fingerprint density at radius 3 is 2.48 bits per heavy atom. The molecule has 5 nitrogen and oxygen atoms in total. The third-order valence-corrected chi connectivity index (χ3v) is 6.19. The van der Waals surface area contributed by atoms with Gasteiger partial charge in [0.25, 0.3) is 5.91 Å². The van der Waals surface area contributed by atoms with Crippen molar-refractivity contribution < 1.29 is 9.90 Å². The van der Waals surface area contributed by atoms with Crippen LogP contribution in [0.3, 0.4) is 0 Å². The molecule has 164 valence electrons. The number of anilines is 1. The number of aromatic hydroxyl groups is 1. The second kappa shape index (κ2) is 8.87. The molecule has 0 aliphatic heterocycles. The number of nitrogens with one attached hydrogen (secondary N) is 1. The van der Waals surface area contributed by atoms with Crippen LogP contribution in [0.4, 0.5) is 17.1 Å². The molecule has 0 atom stereocenters. The number of carbonyl (C=O) groups is 1. The van der Waals surface area contributed by atoms with E-state index in [1.807, 2.05) is 49.4 Å². The van der Waals surface area contributed by atoms with Crippen LogP contribution in [0.1, 0.15) is 39.9 Å². The van der Waals surface area contributed by atoms with Gasteiger partial charge in [0.05, 0.1) is 11.4 Å². The zero-order valence-electron chi connectivity index (χ0n) is 18.5. The third-order valence-electron chi connectivity index (χ3n) is 6.19. The molecule has 33 heavy (non-hydrogen) atoms. The molecule has 1 aliphatic rings. The molecule has 0 fully saturated rings. The Morgan fingerprint density at radius 1 is 0.879 bits per heavy atom. The molecule has 0 unspecified atom stereocenters. The molecule has 0 radical (unpaired) electrons. The number of amides is 1. The summed E-state index contributed by atoms with van der Waals surface area (Å²) in [5.74, 6) is -0.226. The summed E-state index contributed by atoms with van der Waals surface area (Å²) in [5.41, 5.74) is 5.80. The van der Waals surface area contributed by atoms with Gasteiger partial charge < -0.3 is 10.4 Å². The molecule has 0 saturated heterocycles. The lowest BCUT2D eigenvalue weighted by Gasteiger charge is -2.15. The minimum Gasteiger partial charge on any atom is -0.505 e. The Hall–Kier alpha value is -3.99. The van der Waals surface area contributed by atoms with Crippen molar-refractivity contribution >= 4 is 33.7 Å². The maximum Gasteiger partial charge on any atom is 0.255 e. The van der Waals surface area contributed by atoms with E-state index in [0.29, 0.717) is 22.3 Å². The lowest BCUT2D eigenvalue weighted by atomic mass is 9.91. The first kappa shape index (κ1) is 20.9. The fourth-order valence-corrected chi connectivity index (χ4v) is 4.47. The first-order valence-corrected chi connectivity index (χ1v) is 11.3. The molecule has 0 saturated carbocycles. The van der Waals surface area contributed by atoms with Gasteiger partial charge in [-0.05, 0) is 91.1 Å². The van der Waals surface area contributed by atoms with Crippen LogP contribution in [0.25, 0.3) is 10.8 Å². The number of phenols is 1. The zero-order valence-corrected chi connectivity index (χ0v) is 18.5. The Bertz CT molecular complexity index is 1380. The van der Waals surface area contributed by atoms with E-state index in [1.54, 1.807) is 18.2 Å². The van der Waals surface area contributed by atoms with E-state index in [-0.39, 0.29) is 11.7 Å². The highest BCUT2D eigenvalue weighted by Crippen LogP contribution is 2.42. The summed E-state index contributed by atoms with van der Waals surface area (Å²) in [7, 11) is 0. The second-order valence-electron chi connectivity index (χ2n) is 8.47. The van der Waals surface area contributed by atoms with E-state index in [4.69, 9.17) is 0 Å². The van der Waals surface area contributed by atoms with Gasteiger partial charge in [-0.3, -0.25) is 4.79 Å². The lowest BCUT2D eigenvalue weighted by Crippen LogP contribution is -2.11. The highest BCUT2D eigenvalue weighted by molar-refractivity contribution is 6.11. The predicted molar refractivity (Wildman–Crippen MR) is 132 cm³/mol.